The molecule has 1 aromatic heterocycles. The molecule has 5 rings (SSSR count). The van der Waals surface area contributed by atoms with Gasteiger partial charge in [0.25, 0.3) is 0 Å². The van der Waals surface area contributed by atoms with Crippen molar-refractivity contribution in [3.8, 4) is 11.8 Å². The number of fused-ring (bicyclic) bond motifs is 1. The van der Waals surface area contributed by atoms with Gasteiger partial charge in [0.1, 0.15) is 17.2 Å². The fourth-order valence-electron chi connectivity index (χ4n) is 4.67. The maximum atomic E-state index is 12.5. The molecule has 41 heavy (non-hydrogen) atoms. The number of nitrogens with one attached hydrogen (secondary N) is 1. The van der Waals surface area contributed by atoms with Gasteiger partial charge in [-0.1, -0.05) is 59.6 Å². The molecule has 0 radical (unpaired) electrons. The number of anilines is 1. The first-order chi connectivity index (χ1) is 19.5. The molecule has 10 nitrogen and oxygen atoms in total. The Morgan fingerprint density at radius 3 is 2.44 bits per heavy atom. The van der Waals surface area contributed by atoms with Crippen molar-refractivity contribution in [1.29, 1.82) is 0 Å². The highest BCUT2D eigenvalue weighted by molar-refractivity contribution is 7.88. The average Bonchev–Trinajstić information content (AvgIpc) is 3.24. The van der Waals surface area contributed by atoms with Gasteiger partial charge in [-0.15, -0.1) is 0 Å². The zero-order valence-electron chi connectivity index (χ0n) is 22.5. The van der Waals surface area contributed by atoms with Crippen molar-refractivity contribution < 1.29 is 32.4 Å². The van der Waals surface area contributed by atoms with E-state index in [1.165, 1.54) is 0 Å². The third kappa shape index (κ3) is 5.66. The third-order valence-electron chi connectivity index (χ3n) is 7.13. The van der Waals surface area contributed by atoms with Crippen LogP contribution in [0.3, 0.4) is 0 Å². The van der Waals surface area contributed by atoms with Gasteiger partial charge in [0.15, 0.2) is 11.5 Å². The summed E-state index contributed by atoms with van der Waals surface area (Å²) in [7, 11) is -3.47. The van der Waals surface area contributed by atoms with E-state index in [2.05, 4.69) is 22.3 Å². The van der Waals surface area contributed by atoms with Crippen LogP contribution in [0.5, 0.6) is 0 Å². The summed E-state index contributed by atoms with van der Waals surface area (Å²) in [6.45, 7) is 3.21. The van der Waals surface area contributed by atoms with Gasteiger partial charge in [0.2, 0.25) is 10.0 Å². The molecule has 11 heteroatoms. The van der Waals surface area contributed by atoms with Crippen molar-refractivity contribution in [3.05, 3.63) is 94.9 Å². The molecule has 4 aromatic rings. The number of hydrogen-bond donors (Lipinski definition) is 2. The second-order valence-corrected chi connectivity index (χ2v) is 12.0. The maximum absolute atomic E-state index is 12.5. The van der Waals surface area contributed by atoms with Crippen LogP contribution in [0.15, 0.2) is 71.3 Å². The zero-order valence-corrected chi connectivity index (χ0v) is 23.4. The molecule has 0 bridgehead atoms. The molecule has 1 saturated heterocycles. The SMILES string of the molecule is Cc1onc(C#Cc2ccc3cc(C4(C(=O)O)CN(S(C)(=O)=O)C4)ccc3c2)c1NC(=O)OC(C)c1ccccc1. The number of hydrogen-bond acceptors (Lipinski definition) is 7. The first kappa shape index (κ1) is 27.9. The summed E-state index contributed by atoms with van der Waals surface area (Å²) in [4.78, 5) is 24.6. The lowest BCUT2D eigenvalue weighted by Gasteiger charge is -2.45. The fourth-order valence-corrected chi connectivity index (χ4v) is 5.58. The summed E-state index contributed by atoms with van der Waals surface area (Å²) in [5.41, 5.74) is 1.33. The number of sulfonamides is 1. The van der Waals surface area contributed by atoms with E-state index in [-0.39, 0.29) is 18.8 Å². The third-order valence-corrected chi connectivity index (χ3v) is 8.33. The summed E-state index contributed by atoms with van der Waals surface area (Å²) >= 11 is 0. The number of aromatic nitrogens is 1. The van der Waals surface area contributed by atoms with Crippen molar-refractivity contribution in [3.63, 3.8) is 0 Å². The van der Waals surface area contributed by atoms with E-state index in [1.807, 2.05) is 42.5 Å². The Labute approximate surface area is 237 Å². The van der Waals surface area contributed by atoms with Crippen molar-refractivity contribution in [2.24, 2.45) is 0 Å². The smallest absolute Gasteiger partial charge is 0.412 e. The van der Waals surface area contributed by atoms with Gasteiger partial charge in [-0.05, 0) is 59.9 Å². The fraction of sp³-hybridized carbons (Fsp3) is 0.233. The van der Waals surface area contributed by atoms with E-state index in [9.17, 15) is 23.1 Å². The molecule has 210 valence electrons. The molecule has 2 N–H and O–H groups in total. The molecule has 0 aliphatic carbocycles. The van der Waals surface area contributed by atoms with Crippen LogP contribution in [-0.4, -0.2) is 54.4 Å². The van der Waals surface area contributed by atoms with E-state index >= 15 is 0 Å². The predicted molar refractivity (Wildman–Crippen MR) is 152 cm³/mol. The maximum Gasteiger partial charge on any atom is 0.412 e. The molecule has 1 atom stereocenters. The summed E-state index contributed by atoms with van der Waals surface area (Å²) in [5.74, 6) is 5.26. The van der Waals surface area contributed by atoms with Crippen LogP contribution in [-0.2, 0) is 25.0 Å². The minimum atomic E-state index is -3.47. The normalized spacial score (nSPS) is 15.3. The number of carboxylic acid groups (broad SMARTS) is 1. The molecule has 1 fully saturated rings. The van der Waals surface area contributed by atoms with Gasteiger partial charge in [0, 0.05) is 18.7 Å². The lowest BCUT2D eigenvalue weighted by Crippen LogP contribution is -2.64. The average molecular weight is 574 g/mol. The van der Waals surface area contributed by atoms with Crippen LogP contribution in [0.25, 0.3) is 10.8 Å². The van der Waals surface area contributed by atoms with E-state index in [1.54, 1.807) is 38.1 Å². The van der Waals surface area contributed by atoms with Crippen LogP contribution < -0.4 is 5.32 Å². The van der Waals surface area contributed by atoms with Crippen molar-refractivity contribution in [1.82, 2.24) is 9.46 Å². The van der Waals surface area contributed by atoms with Gasteiger partial charge in [-0.2, -0.15) is 4.31 Å². The topological polar surface area (TPSA) is 139 Å². The number of ether oxygens (including phenoxy) is 1. The molecular weight excluding hydrogens is 546 g/mol. The first-order valence-corrected chi connectivity index (χ1v) is 14.5. The van der Waals surface area contributed by atoms with E-state index < -0.39 is 33.6 Å². The number of benzene rings is 3. The van der Waals surface area contributed by atoms with Crippen LogP contribution in [0, 0.1) is 18.8 Å². The van der Waals surface area contributed by atoms with Gasteiger partial charge < -0.3 is 14.4 Å². The number of carboxylic acids is 1. The van der Waals surface area contributed by atoms with Crippen LogP contribution in [0.1, 0.15) is 41.2 Å². The number of carbonyl (C=O) groups is 2. The summed E-state index contributed by atoms with van der Waals surface area (Å²) in [6, 6.07) is 20.1. The van der Waals surface area contributed by atoms with Gasteiger partial charge in [0.05, 0.1) is 6.26 Å². The Morgan fingerprint density at radius 2 is 1.76 bits per heavy atom. The zero-order chi connectivity index (χ0) is 29.4. The molecule has 0 spiro atoms. The number of aryl methyl sites for hydroxylation is 1. The first-order valence-electron chi connectivity index (χ1n) is 12.7. The number of carbonyl (C=O) groups excluding carboxylic acids is 1. The molecule has 0 saturated carbocycles. The van der Waals surface area contributed by atoms with Crippen LogP contribution in [0.2, 0.25) is 0 Å². The number of aliphatic carboxylic acids is 1. The summed E-state index contributed by atoms with van der Waals surface area (Å²) < 4.78 is 35.5. The summed E-state index contributed by atoms with van der Waals surface area (Å²) in [6.07, 6.45) is -0.0565. The Morgan fingerprint density at radius 1 is 1.07 bits per heavy atom. The summed E-state index contributed by atoms with van der Waals surface area (Å²) in [5, 5.41) is 18.1. The molecule has 1 unspecified atom stereocenters. The van der Waals surface area contributed by atoms with E-state index in [0.717, 1.165) is 26.9 Å². The van der Waals surface area contributed by atoms with Crippen LogP contribution >= 0.6 is 0 Å². The highest BCUT2D eigenvalue weighted by Crippen LogP contribution is 2.38. The van der Waals surface area contributed by atoms with Gasteiger partial charge in [-0.25, -0.2) is 13.2 Å². The number of rotatable bonds is 6. The Balaban J connectivity index is 1.33. The lowest BCUT2D eigenvalue weighted by atomic mass is 9.74. The Kier molecular flexibility index (Phi) is 7.29. The molecular formula is C30H27N3O7S. The molecule has 1 amide bonds. The molecule has 1 aliphatic rings. The Hall–Kier alpha value is -4.66. The van der Waals surface area contributed by atoms with Crippen molar-refractivity contribution in [2.75, 3.05) is 24.7 Å². The predicted octanol–water partition coefficient (Wildman–Crippen LogP) is 4.44. The minimum Gasteiger partial charge on any atom is -0.481 e. The van der Waals surface area contributed by atoms with Crippen LogP contribution in [0.4, 0.5) is 10.5 Å². The highest BCUT2D eigenvalue weighted by Gasteiger charge is 2.54. The highest BCUT2D eigenvalue weighted by atomic mass is 32.2. The van der Waals surface area contributed by atoms with Gasteiger partial charge >= 0.3 is 12.1 Å². The minimum absolute atomic E-state index is 0.109. The number of nitrogens with zero attached hydrogens (tertiary/aromatic N) is 2. The Bertz CT molecular complexity index is 1820. The second kappa shape index (κ2) is 10.7. The largest absolute Gasteiger partial charge is 0.481 e. The van der Waals surface area contributed by atoms with E-state index in [4.69, 9.17) is 9.26 Å². The van der Waals surface area contributed by atoms with E-state index in [0.29, 0.717) is 22.6 Å². The van der Waals surface area contributed by atoms with Gasteiger partial charge in [-0.3, -0.25) is 10.1 Å². The number of amides is 1. The molecule has 2 heterocycles. The standard InChI is InChI=1S/C30H27N3O7S/c1-19(22-7-5-4-6-8-22)39-29(36)31-27-20(2)40-32-26(27)14-10-21-9-11-24-16-25(13-12-23(24)15-21)30(28(34)35)17-33(18-30)41(3,37)38/h4-9,11-13,15-16,19H,17-18H2,1-3H3,(H,31,36)(H,34,35). The van der Waals surface area contributed by atoms with Crippen molar-refractivity contribution in [2.45, 2.75) is 25.4 Å². The molecule has 3 aromatic carbocycles. The molecule has 1 aliphatic heterocycles. The lowest BCUT2D eigenvalue weighted by molar-refractivity contribution is -0.148. The van der Waals surface area contributed by atoms with Crippen molar-refractivity contribution >= 4 is 38.5 Å². The monoisotopic (exact) mass is 573 g/mol. The second-order valence-electron chi connectivity index (χ2n) is 9.99. The quantitative estimate of drug-likeness (QED) is 0.323.